The second kappa shape index (κ2) is 4.04. The molecule has 1 aliphatic carbocycles. The van der Waals surface area contributed by atoms with E-state index in [-0.39, 0.29) is 12.1 Å². The minimum atomic E-state index is -0.903. The third kappa shape index (κ3) is 2.20. The van der Waals surface area contributed by atoms with E-state index in [0.717, 1.165) is 0 Å². The number of hydrogen-bond donors (Lipinski definition) is 3. The fourth-order valence-electron chi connectivity index (χ4n) is 1.56. The van der Waals surface area contributed by atoms with E-state index in [1.165, 1.54) is 12.3 Å². The van der Waals surface area contributed by atoms with Gasteiger partial charge >= 0.3 is 5.97 Å². The van der Waals surface area contributed by atoms with E-state index in [4.69, 9.17) is 5.11 Å². The van der Waals surface area contributed by atoms with Crippen LogP contribution in [0, 0.1) is 5.41 Å². The molecule has 1 fully saturated rings. The van der Waals surface area contributed by atoms with Crippen LogP contribution in [0.15, 0.2) is 23.1 Å². The van der Waals surface area contributed by atoms with E-state index in [9.17, 15) is 14.4 Å². The summed E-state index contributed by atoms with van der Waals surface area (Å²) in [6.45, 7) is 0.0650. The summed E-state index contributed by atoms with van der Waals surface area (Å²) in [5, 5.41) is 11.4. The fourth-order valence-corrected chi connectivity index (χ4v) is 1.56. The van der Waals surface area contributed by atoms with Crippen LogP contribution in [-0.4, -0.2) is 28.5 Å². The molecule has 1 aromatic heterocycles. The number of H-pyrrole nitrogens is 1. The van der Waals surface area contributed by atoms with E-state index in [1.807, 2.05) is 0 Å². The van der Waals surface area contributed by atoms with E-state index in [0.29, 0.717) is 12.8 Å². The first-order chi connectivity index (χ1) is 8.05. The van der Waals surface area contributed by atoms with Crippen molar-refractivity contribution < 1.29 is 14.7 Å². The summed E-state index contributed by atoms with van der Waals surface area (Å²) in [4.78, 5) is 36.2. The van der Waals surface area contributed by atoms with E-state index < -0.39 is 22.9 Å². The van der Waals surface area contributed by atoms with Gasteiger partial charge in [0.2, 0.25) is 0 Å². The summed E-state index contributed by atoms with van der Waals surface area (Å²) in [5.41, 5.74) is -1.31. The van der Waals surface area contributed by atoms with Crippen molar-refractivity contribution in [3.8, 4) is 0 Å². The van der Waals surface area contributed by atoms with Gasteiger partial charge in [-0.15, -0.1) is 0 Å². The Balaban J connectivity index is 2.02. The molecule has 1 aliphatic rings. The third-order valence-corrected chi connectivity index (χ3v) is 2.96. The summed E-state index contributed by atoms with van der Waals surface area (Å²) < 4.78 is 0. The maximum absolute atomic E-state index is 11.6. The normalized spacial score (nSPS) is 16.2. The quantitative estimate of drug-likeness (QED) is 0.683. The van der Waals surface area contributed by atoms with E-state index in [1.54, 1.807) is 6.07 Å². The second-order valence-corrected chi connectivity index (χ2v) is 4.18. The minimum absolute atomic E-state index is 0.00584. The molecule has 0 atom stereocenters. The van der Waals surface area contributed by atoms with Crippen LogP contribution in [-0.2, 0) is 4.79 Å². The van der Waals surface area contributed by atoms with Gasteiger partial charge in [-0.2, -0.15) is 0 Å². The van der Waals surface area contributed by atoms with Gasteiger partial charge < -0.3 is 15.4 Å². The molecule has 1 amide bonds. The maximum atomic E-state index is 11.6. The summed E-state index contributed by atoms with van der Waals surface area (Å²) in [7, 11) is 0. The van der Waals surface area contributed by atoms with Crippen LogP contribution >= 0.6 is 0 Å². The molecule has 0 unspecified atom stereocenters. The number of carboxylic acid groups (broad SMARTS) is 1. The Labute approximate surface area is 96.7 Å². The lowest BCUT2D eigenvalue weighted by Gasteiger charge is -2.10. The van der Waals surface area contributed by atoms with Gasteiger partial charge in [0.05, 0.1) is 5.41 Å². The van der Waals surface area contributed by atoms with Crippen molar-refractivity contribution in [1.82, 2.24) is 10.3 Å². The van der Waals surface area contributed by atoms with Gasteiger partial charge in [-0.05, 0) is 25.0 Å². The number of hydrogen-bond acceptors (Lipinski definition) is 3. The summed E-state index contributed by atoms with van der Waals surface area (Å²) in [5.74, 6) is -1.45. The molecule has 6 nitrogen and oxygen atoms in total. The Hall–Kier alpha value is -2.11. The smallest absolute Gasteiger partial charge is 0.311 e. The first-order valence-electron chi connectivity index (χ1n) is 5.24. The zero-order valence-electron chi connectivity index (χ0n) is 9.03. The number of carboxylic acids is 1. The highest BCUT2D eigenvalue weighted by Gasteiger charge is 2.50. The highest BCUT2D eigenvalue weighted by Crippen LogP contribution is 2.45. The van der Waals surface area contributed by atoms with Gasteiger partial charge in [0, 0.05) is 12.7 Å². The number of carbonyl (C=O) groups excluding carboxylic acids is 1. The zero-order valence-corrected chi connectivity index (χ0v) is 9.03. The molecule has 0 aromatic carbocycles. The first kappa shape index (κ1) is 11.4. The first-order valence-corrected chi connectivity index (χ1v) is 5.24. The van der Waals surface area contributed by atoms with Gasteiger partial charge in [-0.25, -0.2) is 0 Å². The van der Waals surface area contributed by atoms with Crippen LogP contribution in [0.1, 0.15) is 23.2 Å². The van der Waals surface area contributed by atoms with Gasteiger partial charge in [-0.1, -0.05) is 0 Å². The Kier molecular flexibility index (Phi) is 2.71. The largest absolute Gasteiger partial charge is 0.481 e. The van der Waals surface area contributed by atoms with Gasteiger partial charge in [0.25, 0.3) is 11.5 Å². The zero-order chi connectivity index (χ0) is 12.5. The summed E-state index contributed by atoms with van der Waals surface area (Å²) in [6.07, 6.45) is 2.56. The molecule has 2 rings (SSSR count). The Morgan fingerprint density at radius 2 is 2.18 bits per heavy atom. The number of amides is 1. The predicted octanol–water partition coefficient (Wildman–Crippen LogP) is -0.0305. The molecule has 17 heavy (non-hydrogen) atoms. The van der Waals surface area contributed by atoms with E-state index in [2.05, 4.69) is 10.3 Å². The Bertz CT molecular complexity index is 516. The maximum Gasteiger partial charge on any atom is 0.311 e. The van der Waals surface area contributed by atoms with Gasteiger partial charge in [-0.3, -0.25) is 14.4 Å². The van der Waals surface area contributed by atoms with Crippen LogP contribution in [0.4, 0.5) is 0 Å². The number of aromatic amines is 1. The standard InChI is InChI=1S/C11H12N2O4/c14-8-7(2-1-5-12-8)9(15)13-6-11(3-4-11)10(16)17/h1-2,5H,3-4,6H2,(H,12,14)(H,13,15)(H,16,17). The second-order valence-electron chi connectivity index (χ2n) is 4.18. The van der Waals surface area contributed by atoms with Crippen molar-refractivity contribution in [2.45, 2.75) is 12.8 Å². The number of pyridine rings is 1. The van der Waals surface area contributed by atoms with Crippen LogP contribution in [0.3, 0.4) is 0 Å². The molecule has 6 heteroatoms. The van der Waals surface area contributed by atoms with Gasteiger partial charge in [0.1, 0.15) is 5.56 Å². The molecule has 90 valence electrons. The average Bonchev–Trinajstić information content (AvgIpc) is 3.07. The summed E-state index contributed by atoms with van der Waals surface area (Å²) in [6, 6.07) is 2.94. The Morgan fingerprint density at radius 1 is 1.47 bits per heavy atom. The Morgan fingerprint density at radius 3 is 2.71 bits per heavy atom. The van der Waals surface area contributed by atoms with Crippen LogP contribution < -0.4 is 10.9 Å². The molecule has 0 aliphatic heterocycles. The molecule has 3 N–H and O–H groups in total. The van der Waals surface area contributed by atoms with Crippen molar-refractivity contribution in [3.05, 3.63) is 34.2 Å². The van der Waals surface area contributed by atoms with Crippen molar-refractivity contribution >= 4 is 11.9 Å². The molecule has 0 spiro atoms. The lowest BCUT2D eigenvalue weighted by Crippen LogP contribution is -2.36. The van der Waals surface area contributed by atoms with Crippen LogP contribution in [0.25, 0.3) is 0 Å². The van der Waals surface area contributed by atoms with E-state index >= 15 is 0 Å². The summed E-state index contributed by atoms with van der Waals surface area (Å²) >= 11 is 0. The third-order valence-electron chi connectivity index (χ3n) is 2.96. The highest BCUT2D eigenvalue weighted by molar-refractivity contribution is 5.94. The highest BCUT2D eigenvalue weighted by atomic mass is 16.4. The average molecular weight is 236 g/mol. The molecular weight excluding hydrogens is 224 g/mol. The van der Waals surface area contributed by atoms with Crippen molar-refractivity contribution in [3.63, 3.8) is 0 Å². The molecule has 0 radical (unpaired) electrons. The molecule has 1 saturated carbocycles. The number of carbonyl (C=O) groups is 2. The van der Waals surface area contributed by atoms with Gasteiger partial charge in [0.15, 0.2) is 0 Å². The molecule has 0 bridgehead atoms. The number of aliphatic carboxylic acids is 1. The number of nitrogens with one attached hydrogen (secondary N) is 2. The lowest BCUT2D eigenvalue weighted by molar-refractivity contribution is -0.143. The van der Waals surface area contributed by atoms with Crippen LogP contribution in [0.2, 0.25) is 0 Å². The van der Waals surface area contributed by atoms with Crippen molar-refractivity contribution in [1.29, 1.82) is 0 Å². The fraction of sp³-hybridized carbons (Fsp3) is 0.364. The molecular formula is C11H12N2O4. The lowest BCUT2D eigenvalue weighted by atomic mass is 10.1. The number of rotatable bonds is 4. The van der Waals surface area contributed by atoms with Crippen LogP contribution in [0.5, 0.6) is 0 Å². The molecule has 0 saturated heterocycles. The molecule has 1 heterocycles. The van der Waals surface area contributed by atoms with Crippen molar-refractivity contribution in [2.24, 2.45) is 5.41 Å². The topological polar surface area (TPSA) is 99.3 Å². The SMILES string of the molecule is O=C(NCC1(C(=O)O)CC1)c1ccc[nH]c1=O. The minimum Gasteiger partial charge on any atom is -0.481 e. The predicted molar refractivity (Wildman–Crippen MR) is 58.7 cm³/mol. The monoisotopic (exact) mass is 236 g/mol. The van der Waals surface area contributed by atoms with Crippen molar-refractivity contribution in [2.75, 3.05) is 6.54 Å². The molecule has 1 aromatic rings. The number of aromatic nitrogens is 1.